The second-order valence-corrected chi connectivity index (χ2v) is 6.77. The van der Waals surface area contributed by atoms with Gasteiger partial charge in [0.25, 0.3) is 21.1 Å². The van der Waals surface area contributed by atoms with Crippen molar-refractivity contribution in [3.63, 3.8) is 0 Å². The third kappa shape index (κ3) is 3.40. The lowest BCUT2D eigenvalue weighted by Crippen LogP contribution is -2.44. The molecule has 0 fully saturated rings. The van der Waals surface area contributed by atoms with E-state index in [0.29, 0.717) is 11.8 Å². The Balaban J connectivity index is 2.36. The van der Waals surface area contributed by atoms with E-state index in [2.05, 4.69) is 0 Å². The highest BCUT2D eigenvalue weighted by atomic mass is 32.2. The number of allylic oxidation sites excluding steroid dienone is 2. The van der Waals surface area contributed by atoms with Crippen LogP contribution in [0.4, 0.5) is 0 Å². The number of nitro groups is 4. The molecule has 0 aromatic heterocycles. The predicted octanol–water partition coefficient (Wildman–Crippen LogP) is 1.91. The fourth-order valence-corrected chi connectivity index (χ4v) is 3.65. The summed E-state index contributed by atoms with van der Waals surface area (Å²) in [5.41, 5.74) is -0.689. The van der Waals surface area contributed by atoms with E-state index in [1.807, 2.05) is 0 Å². The average Bonchev–Trinajstić information content (AvgIpc) is 2.55. The summed E-state index contributed by atoms with van der Waals surface area (Å²) in [7, 11) is 0. The van der Waals surface area contributed by atoms with Crippen molar-refractivity contribution >= 4 is 11.8 Å². The number of thioether (sulfide) groups is 1. The molecule has 25 heavy (non-hydrogen) atoms. The monoisotopic (exact) mass is 370 g/mol. The molecule has 2 unspecified atom stereocenters. The van der Waals surface area contributed by atoms with E-state index in [1.165, 1.54) is 0 Å². The minimum atomic E-state index is -1.99. The van der Waals surface area contributed by atoms with Crippen LogP contribution in [0.25, 0.3) is 0 Å². The second kappa shape index (κ2) is 6.43. The van der Waals surface area contributed by atoms with Crippen molar-refractivity contribution in [2.45, 2.75) is 22.6 Å². The minimum Gasteiger partial charge on any atom is -0.263 e. The molecule has 0 saturated heterocycles. The Hall–Kier alpha value is -3.09. The van der Waals surface area contributed by atoms with Crippen LogP contribution in [0.3, 0.4) is 0 Å². The molecule has 2 atom stereocenters. The van der Waals surface area contributed by atoms with Gasteiger partial charge >= 0.3 is 0 Å². The van der Waals surface area contributed by atoms with E-state index < -0.39 is 42.3 Å². The smallest absolute Gasteiger partial charge is 0.263 e. The Morgan fingerprint density at radius 2 is 1.12 bits per heavy atom. The summed E-state index contributed by atoms with van der Waals surface area (Å²) in [6.45, 7) is 0. The molecule has 0 amide bonds. The van der Waals surface area contributed by atoms with Crippen LogP contribution in [-0.4, -0.2) is 29.4 Å². The van der Waals surface area contributed by atoms with Gasteiger partial charge in [-0.05, 0) is 0 Å². The zero-order chi connectivity index (χ0) is 18.8. The van der Waals surface area contributed by atoms with Crippen molar-refractivity contribution < 1.29 is 19.7 Å². The largest absolute Gasteiger partial charge is 0.296 e. The molecule has 2 aliphatic rings. The van der Waals surface area contributed by atoms with Crippen LogP contribution < -0.4 is 0 Å². The molecule has 132 valence electrons. The van der Waals surface area contributed by atoms with Gasteiger partial charge in [-0.25, -0.2) is 0 Å². The maximum absolute atomic E-state index is 11.5. The van der Waals surface area contributed by atoms with Crippen LogP contribution in [0, 0.1) is 40.5 Å². The first kappa shape index (κ1) is 18.3. The van der Waals surface area contributed by atoms with E-state index in [4.69, 9.17) is 0 Å². The Morgan fingerprint density at radius 3 is 1.32 bits per heavy atom. The van der Waals surface area contributed by atoms with E-state index in [1.54, 1.807) is 0 Å². The molecular formula is C12H10N4O8S. The normalized spacial score (nSPS) is 28.0. The third-order valence-electron chi connectivity index (χ3n) is 3.63. The quantitative estimate of drug-likeness (QED) is 0.384. The first-order valence-corrected chi connectivity index (χ1v) is 7.50. The minimum absolute atomic E-state index is 0.344. The third-order valence-corrected chi connectivity index (χ3v) is 5.24. The molecule has 2 aliphatic carbocycles. The van der Waals surface area contributed by atoms with Gasteiger partial charge in [0, 0.05) is 58.1 Å². The van der Waals surface area contributed by atoms with Crippen molar-refractivity contribution in [1.82, 2.24) is 0 Å². The molecule has 0 heterocycles. The summed E-state index contributed by atoms with van der Waals surface area (Å²) in [5.74, 6) is 0. The first-order chi connectivity index (χ1) is 11.6. The van der Waals surface area contributed by atoms with Gasteiger partial charge in [0.2, 0.25) is 0 Å². The Morgan fingerprint density at radius 1 is 0.760 bits per heavy atom. The van der Waals surface area contributed by atoms with Crippen LogP contribution in [0.15, 0.2) is 47.9 Å². The van der Waals surface area contributed by atoms with Gasteiger partial charge in [0.05, 0.1) is 22.7 Å². The zero-order valence-corrected chi connectivity index (χ0v) is 13.2. The van der Waals surface area contributed by atoms with Crippen molar-refractivity contribution in [3.05, 3.63) is 88.3 Å². The fourth-order valence-electron chi connectivity index (χ4n) is 2.28. The van der Waals surface area contributed by atoms with E-state index in [-0.39, 0.29) is 11.4 Å². The van der Waals surface area contributed by atoms with Gasteiger partial charge < -0.3 is 0 Å². The maximum Gasteiger partial charge on any atom is 0.296 e. The summed E-state index contributed by atoms with van der Waals surface area (Å²) in [6, 6.07) is 0. The fraction of sp³-hybridized carbons (Fsp3) is 0.333. The average molecular weight is 370 g/mol. The number of hydrogen-bond acceptors (Lipinski definition) is 9. The predicted molar refractivity (Wildman–Crippen MR) is 84.7 cm³/mol. The van der Waals surface area contributed by atoms with Gasteiger partial charge in [-0.15, -0.1) is 0 Å². The van der Waals surface area contributed by atoms with Gasteiger partial charge in [-0.2, -0.15) is 0 Å². The molecule has 12 nitrogen and oxygen atoms in total. The molecule has 0 saturated carbocycles. The van der Waals surface area contributed by atoms with Crippen LogP contribution in [-0.2, 0) is 0 Å². The summed E-state index contributed by atoms with van der Waals surface area (Å²) in [6.07, 6.45) is 4.95. The standard InChI is InChI=1S/C12H10N4O8S/c17-13(18)9-1-5-11(6-2-9,15(21)22)25-12(16(23)24)7-3-10(4-8-12)14(19)20/h1-5,7H,6,8H2. The Bertz CT molecular complexity index is 724. The summed E-state index contributed by atoms with van der Waals surface area (Å²) >= 11 is 0.374. The number of nitrogens with zero attached hydrogens (tertiary/aromatic N) is 4. The van der Waals surface area contributed by atoms with Gasteiger partial charge in [-0.1, -0.05) is 0 Å². The molecule has 0 spiro atoms. The number of hydrogen-bond donors (Lipinski definition) is 0. The lowest BCUT2D eigenvalue weighted by atomic mass is 10.1. The highest BCUT2D eigenvalue weighted by Crippen LogP contribution is 2.47. The molecule has 0 aliphatic heterocycles. The van der Waals surface area contributed by atoms with Gasteiger partial charge in [0.1, 0.15) is 0 Å². The molecule has 0 aromatic rings. The highest BCUT2D eigenvalue weighted by Gasteiger charge is 2.56. The lowest BCUT2D eigenvalue weighted by molar-refractivity contribution is -0.539. The summed E-state index contributed by atoms with van der Waals surface area (Å²) < 4.78 is 0. The molecule has 0 bridgehead atoms. The van der Waals surface area contributed by atoms with Crippen LogP contribution >= 0.6 is 11.8 Å². The van der Waals surface area contributed by atoms with E-state index in [0.717, 1.165) is 36.5 Å². The molecule has 13 heteroatoms. The van der Waals surface area contributed by atoms with Gasteiger partial charge in [-0.3, -0.25) is 40.5 Å². The SMILES string of the molecule is O=[N+]([O-])C1=CCC(SC2([N+](=O)[O-])C=CC([N+](=O)[O-])=CC2)([N+](=O)[O-])C=C1. The van der Waals surface area contributed by atoms with E-state index >= 15 is 0 Å². The lowest BCUT2D eigenvalue weighted by Gasteiger charge is -2.29. The maximum atomic E-state index is 11.5. The van der Waals surface area contributed by atoms with Crippen LogP contribution in [0.5, 0.6) is 0 Å². The van der Waals surface area contributed by atoms with Crippen LogP contribution in [0.1, 0.15) is 12.8 Å². The number of rotatable bonds is 6. The van der Waals surface area contributed by atoms with Crippen molar-refractivity contribution in [1.29, 1.82) is 0 Å². The van der Waals surface area contributed by atoms with Crippen LogP contribution in [0.2, 0.25) is 0 Å². The molecule has 0 aromatic carbocycles. The Kier molecular flexibility index (Phi) is 4.69. The van der Waals surface area contributed by atoms with E-state index in [9.17, 15) is 40.5 Å². The second-order valence-electron chi connectivity index (χ2n) is 5.15. The van der Waals surface area contributed by atoms with Crippen molar-refractivity contribution in [2.75, 3.05) is 0 Å². The molecule has 0 radical (unpaired) electrons. The van der Waals surface area contributed by atoms with Gasteiger partial charge in [0.15, 0.2) is 0 Å². The summed E-state index contributed by atoms with van der Waals surface area (Å²) in [4.78, 5) is 37.6. The highest BCUT2D eigenvalue weighted by molar-refractivity contribution is 8.01. The topological polar surface area (TPSA) is 173 Å². The zero-order valence-electron chi connectivity index (χ0n) is 12.3. The van der Waals surface area contributed by atoms with Crippen molar-refractivity contribution in [3.8, 4) is 0 Å². The Labute approximate surface area is 143 Å². The summed E-state index contributed by atoms with van der Waals surface area (Å²) in [5, 5.41) is 44.5. The molecule has 2 rings (SSSR count). The van der Waals surface area contributed by atoms with Crippen molar-refractivity contribution in [2.24, 2.45) is 0 Å². The molecular weight excluding hydrogens is 360 g/mol. The molecule has 0 N–H and O–H groups in total. The first-order valence-electron chi connectivity index (χ1n) is 6.69.